The minimum Gasteiger partial charge on any atom is -0.338 e. The lowest BCUT2D eigenvalue weighted by Gasteiger charge is -2.40. The average Bonchev–Trinajstić information content (AvgIpc) is 3.21. The number of aromatic nitrogens is 4. The minimum atomic E-state index is -0.298. The van der Waals surface area contributed by atoms with Crippen LogP contribution in [0.2, 0.25) is 0 Å². The van der Waals surface area contributed by atoms with E-state index in [-0.39, 0.29) is 17.1 Å². The second kappa shape index (κ2) is 7.09. The van der Waals surface area contributed by atoms with E-state index in [1.54, 1.807) is 24.5 Å². The molecule has 2 aromatic heterocycles. The highest BCUT2D eigenvalue weighted by atomic mass is 19.1. The van der Waals surface area contributed by atoms with Crippen molar-refractivity contribution in [2.75, 3.05) is 13.1 Å². The number of nitrogens with one attached hydrogen (secondary N) is 1. The van der Waals surface area contributed by atoms with Crippen molar-refractivity contribution >= 4 is 5.91 Å². The summed E-state index contributed by atoms with van der Waals surface area (Å²) < 4.78 is 18.7. The summed E-state index contributed by atoms with van der Waals surface area (Å²) in [5.74, 6) is 1.51. The average molecular weight is 395 g/mol. The van der Waals surface area contributed by atoms with Gasteiger partial charge < -0.3 is 9.42 Å². The summed E-state index contributed by atoms with van der Waals surface area (Å²) in [4.78, 5) is 19.2. The normalized spacial score (nSPS) is 18.7. The van der Waals surface area contributed by atoms with E-state index in [9.17, 15) is 9.18 Å². The maximum Gasteiger partial charge on any atom is 0.257 e. The van der Waals surface area contributed by atoms with Crippen LogP contribution < -0.4 is 0 Å². The van der Waals surface area contributed by atoms with Gasteiger partial charge in [-0.25, -0.2) is 4.39 Å². The van der Waals surface area contributed by atoms with Crippen molar-refractivity contribution in [3.8, 4) is 11.5 Å². The van der Waals surface area contributed by atoms with Crippen molar-refractivity contribution in [1.29, 1.82) is 0 Å². The molecule has 3 aromatic rings. The number of aromatic amines is 1. The molecule has 1 amide bonds. The molecule has 1 aromatic carbocycles. The van der Waals surface area contributed by atoms with Gasteiger partial charge in [-0.3, -0.25) is 9.89 Å². The summed E-state index contributed by atoms with van der Waals surface area (Å²) in [7, 11) is 0. The summed E-state index contributed by atoms with van der Waals surface area (Å²) in [5.41, 5.74) is 1.10. The molecule has 29 heavy (non-hydrogen) atoms. The van der Waals surface area contributed by atoms with E-state index in [0.29, 0.717) is 41.8 Å². The molecule has 7 nitrogen and oxygen atoms in total. The number of hydrogen-bond acceptors (Lipinski definition) is 5. The van der Waals surface area contributed by atoms with E-state index in [1.165, 1.54) is 25.0 Å². The number of H-pyrrole nitrogens is 1. The Bertz CT molecular complexity index is 987. The lowest BCUT2D eigenvalue weighted by molar-refractivity contribution is 0.0645. The molecule has 8 heteroatoms. The van der Waals surface area contributed by atoms with E-state index in [2.05, 4.69) is 20.3 Å². The molecule has 1 saturated heterocycles. The number of nitrogens with zero attached hydrogens (tertiary/aromatic N) is 4. The van der Waals surface area contributed by atoms with E-state index in [0.717, 1.165) is 19.3 Å². The van der Waals surface area contributed by atoms with Crippen molar-refractivity contribution in [2.45, 2.75) is 37.5 Å². The molecule has 0 bridgehead atoms. The van der Waals surface area contributed by atoms with Crippen molar-refractivity contribution < 1.29 is 13.7 Å². The van der Waals surface area contributed by atoms with Gasteiger partial charge in [0.05, 0.1) is 11.8 Å². The molecule has 0 unspecified atom stereocenters. The van der Waals surface area contributed by atoms with Crippen LogP contribution >= 0.6 is 0 Å². The van der Waals surface area contributed by atoms with Gasteiger partial charge in [0.15, 0.2) is 5.82 Å². The number of rotatable bonds is 5. The molecule has 1 aliphatic heterocycles. The first-order valence-electron chi connectivity index (χ1n) is 10.0. The van der Waals surface area contributed by atoms with Gasteiger partial charge in [-0.2, -0.15) is 10.1 Å². The van der Waals surface area contributed by atoms with Gasteiger partial charge in [-0.05, 0) is 49.4 Å². The van der Waals surface area contributed by atoms with Crippen LogP contribution in [-0.2, 0) is 5.41 Å². The third-order valence-electron chi connectivity index (χ3n) is 6.12. The van der Waals surface area contributed by atoms with Gasteiger partial charge in [0.2, 0.25) is 0 Å². The Hall–Kier alpha value is -3.03. The highest BCUT2D eigenvalue weighted by Crippen LogP contribution is 2.47. The van der Waals surface area contributed by atoms with E-state index in [1.807, 2.05) is 4.90 Å². The zero-order valence-corrected chi connectivity index (χ0v) is 16.0. The molecule has 1 saturated carbocycles. The lowest BCUT2D eigenvalue weighted by atomic mass is 9.73. The third-order valence-corrected chi connectivity index (χ3v) is 6.12. The molecule has 1 aliphatic carbocycles. The number of carbonyl (C=O) groups excluding carboxylic acids is 1. The lowest BCUT2D eigenvalue weighted by Crippen LogP contribution is -2.46. The Morgan fingerprint density at radius 3 is 2.66 bits per heavy atom. The predicted molar refractivity (Wildman–Crippen MR) is 102 cm³/mol. The molecule has 1 N–H and O–H groups in total. The molecule has 3 heterocycles. The largest absolute Gasteiger partial charge is 0.338 e. The first kappa shape index (κ1) is 18.0. The molecule has 2 fully saturated rings. The van der Waals surface area contributed by atoms with Crippen LogP contribution in [0.25, 0.3) is 11.5 Å². The number of amides is 1. The zero-order valence-electron chi connectivity index (χ0n) is 16.0. The van der Waals surface area contributed by atoms with Gasteiger partial charge in [-0.15, -0.1) is 0 Å². The van der Waals surface area contributed by atoms with Crippen LogP contribution in [-0.4, -0.2) is 44.2 Å². The Morgan fingerprint density at radius 1 is 1.24 bits per heavy atom. The van der Waals surface area contributed by atoms with Crippen molar-refractivity contribution in [1.82, 2.24) is 25.2 Å². The molecule has 150 valence electrons. The fraction of sp³-hybridized carbons (Fsp3) is 0.429. The van der Waals surface area contributed by atoms with Crippen LogP contribution in [0.3, 0.4) is 0 Å². The smallest absolute Gasteiger partial charge is 0.257 e. The minimum absolute atomic E-state index is 0.00103. The zero-order chi connectivity index (χ0) is 19.8. The van der Waals surface area contributed by atoms with Crippen LogP contribution in [0, 0.1) is 11.7 Å². The third kappa shape index (κ3) is 3.54. The standard InChI is InChI=1S/C21H22FN5O2/c22-17-5-3-15(4-6-17)18-25-20(26-29-18)21(11-14-1-2-14)7-9-27(10-8-21)19(28)16-12-23-24-13-16/h3-6,12-14H,1-2,7-11H2,(H,23,24). The highest BCUT2D eigenvalue weighted by Gasteiger charge is 2.44. The number of benzene rings is 1. The predicted octanol–water partition coefficient (Wildman–Crippen LogP) is 3.57. The fourth-order valence-electron chi connectivity index (χ4n) is 4.23. The Balaban J connectivity index is 1.37. The Labute approximate surface area is 167 Å². The maximum absolute atomic E-state index is 13.2. The van der Waals surface area contributed by atoms with Gasteiger partial charge in [-0.1, -0.05) is 18.0 Å². The first-order chi connectivity index (χ1) is 14.1. The van der Waals surface area contributed by atoms with Gasteiger partial charge in [0.25, 0.3) is 11.8 Å². The SMILES string of the molecule is O=C(c1cn[nH]c1)N1CCC(CC2CC2)(c2noc(-c3ccc(F)cc3)n2)CC1. The molecule has 5 rings (SSSR count). The Morgan fingerprint density at radius 2 is 2.00 bits per heavy atom. The van der Waals surface area contributed by atoms with E-state index < -0.39 is 0 Å². The number of hydrogen-bond donors (Lipinski definition) is 1. The van der Waals surface area contributed by atoms with Gasteiger partial charge in [0.1, 0.15) is 5.82 Å². The molecular weight excluding hydrogens is 373 g/mol. The van der Waals surface area contributed by atoms with Crippen LogP contribution in [0.5, 0.6) is 0 Å². The molecule has 0 spiro atoms. The van der Waals surface area contributed by atoms with Crippen LogP contribution in [0.15, 0.2) is 41.2 Å². The molecule has 0 radical (unpaired) electrons. The first-order valence-corrected chi connectivity index (χ1v) is 10.0. The highest BCUT2D eigenvalue weighted by molar-refractivity contribution is 5.93. The van der Waals surface area contributed by atoms with Crippen LogP contribution in [0.1, 0.15) is 48.3 Å². The van der Waals surface area contributed by atoms with E-state index >= 15 is 0 Å². The summed E-state index contributed by atoms with van der Waals surface area (Å²) >= 11 is 0. The number of likely N-dealkylation sites (tertiary alicyclic amines) is 1. The molecule has 0 atom stereocenters. The maximum atomic E-state index is 13.2. The van der Waals surface area contributed by atoms with Crippen molar-refractivity contribution in [3.63, 3.8) is 0 Å². The number of carbonyl (C=O) groups is 1. The molecular formula is C21H22FN5O2. The van der Waals surface area contributed by atoms with Crippen molar-refractivity contribution in [3.05, 3.63) is 53.9 Å². The van der Waals surface area contributed by atoms with Gasteiger partial charge in [0, 0.05) is 30.3 Å². The van der Waals surface area contributed by atoms with Crippen molar-refractivity contribution in [2.24, 2.45) is 5.92 Å². The van der Waals surface area contributed by atoms with Crippen LogP contribution in [0.4, 0.5) is 4.39 Å². The summed E-state index contributed by atoms with van der Waals surface area (Å²) in [6, 6.07) is 6.07. The quantitative estimate of drug-likeness (QED) is 0.713. The summed E-state index contributed by atoms with van der Waals surface area (Å²) in [6.07, 6.45) is 8.28. The fourth-order valence-corrected chi connectivity index (χ4v) is 4.23. The summed E-state index contributed by atoms with van der Waals surface area (Å²) in [5, 5.41) is 10.9. The van der Waals surface area contributed by atoms with E-state index in [4.69, 9.17) is 4.52 Å². The monoisotopic (exact) mass is 395 g/mol. The Kier molecular flexibility index (Phi) is 4.41. The van der Waals surface area contributed by atoms with Gasteiger partial charge >= 0.3 is 0 Å². The molecule has 2 aliphatic rings. The summed E-state index contributed by atoms with van der Waals surface area (Å²) in [6.45, 7) is 1.30. The second-order valence-electron chi connectivity index (χ2n) is 8.14. The second-order valence-corrected chi connectivity index (χ2v) is 8.14. The number of piperidine rings is 1. The number of halogens is 1. The topological polar surface area (TPSA) is 87.9 Å².